The Balaban J connectivity index is 1.91. The molecule has 0 atom stereocenters. The van der Waals surface area contributed by atoms with E-state index in [1.54, 1.807) is 13.3 Å². The van der Waals surface area contributed by atoms with Crippen LogP contribution in [0.15, 0.2) is 12.5 Å². The Morgan fingerprint density at radius 2 is 2.11 bits per heavy atom. The van der Waals surface area contributed by atoms with Crippen molar-refractivity contribution in [2.75, 3.05) is 6.61 Å². The molecule has 0 amide bonds. The Morgan fingerprint density at radius 3 is 2.78 bits per heavy atom. The number of rotatable bonds is 4. The average Bonchev–Trinajstić information content (AvgIpc) is 2.67. The second-order valence-corrected chi connectivity index (χ2v) is 5.03. The topological polar surface area (TPSA) is 44.1 Å². The number of nitrogens with zero attached hydrogens (tertiary/aromatic N) is 2. The van der Waals surface area contributed by atoms with Crippen LogP contribution in [-0.4, -0.2) is 22.1 Å². The zero-order valence-electron chi connectivity index (χ0n) is 11.1. The zero-order chi connectivity index (χ0) is 12.8. The van der Waals surface area contributed by atoms with E-state index in [1.807, 2.05) is 10.8 Å². The van der Waals surface area contributed by atoms with Gasteiger partial charge in [-0.15, -0.1) is 0 Å². The van der Waals surface area contributed by atoms with Crippen LogP contribution in [0.3, 0.4) is 0 Å². The van der Waals surface area contributed by atoms with E-state index in [-0.39, 0.29) is 5.97 Å². The lowest BCUT2D eigenvalue weighted by molar-refractivity contribution is 0.0520. The van der Waals surface area contributed by atoms with Crippen LogP contribution in [0.5, 0.6) is 0 Å². The van der Waals surface area contributed by atoms with Gasteiger partial charge in [-0.25, -0.2) is 9.78 Å². The minimum Gasteiger partial charge on any atom is -0.461 e. The molecule has 0 saturated heterocycles. The lowest BCUT2D eigenvalue weighted by Gasteiger charge is -2.13. The largest absolute Gasteiger partial charge is 0.461 e. The number of hydrogen-bond donors (Lipinski definition) is 0. The summed E-state index contributed by atoms with van der Waals surface area (Å²) in [7, 11) is 0. The van der Waals surface area contributed by atoms with E-state index in [0.29, 0.717) is 12.3 Å². The van der Waals surface area contributed by atoms with Gasteiger partial charge in [-0.05, 0) is 25.7 Å². The molecule has 2 rings (SSSR count). The molecular weight excluding hydrogens is 228 g/mol. The Labute approximate surface area is 108 Å². The number of carbonyl (C=O) groups is 1. The van der Waals surface area contributed by atoms with Crippen molar-refractivity contribution in [2.45, 2.75) is 52.0 Å². The fourth-order valence-corrected chi connectivity index (χ4v) is 2.62. The first-order valence-corrected chi connectivity index (χ1v) is 6.98. The van der Waals surface area contributed by atoms with Crippen molar-refractivity contribution in [2.24, 2.45) is 5.92 Å². The number of carbonyl (C=O) groups excluding carboxylic acids is 1. The highest BCUT2D eigenvalue weighted by atomic mass is 16.5. The molecule has 0 unspecified atom stereocenters. The SMILES string of the molecule is CCOC(=O)c1cn(CC2CCCCCC2)cn1. The first-order chi connectivity index (χ1) is 8.79. The van der Waals surface area contributed by atoms with E-state index in [4.69, 9.17) is 4.74 Å². The summed E-state index contributed by atoms with van der Waals surface area (Å²) < 4.78 is 6.97. The summed E-state index contributed by atoms with van der Waals surface area (Å²) in [6.07, 6.45) is 11.6. The van der Waals surface area contributed by atoms with Crippen LogP contribution in [0.1, 0.15) is 55.9 Å². The molecule has 1 fully saturated rings. The summed E-state index contributed by atoms with van der Waals surface area (Å²) in [5.74, 6) is 0.411. The summed E-state index contributed by atoms with van der Waals surface area (Å²) in [6, 6.07) is 0. The normalized spacial score (nSPS) is 17.4. The minimum atomic E-state index is -0.322. The molecule has 4 heteroatoms. The van der Waals surface area contributed by atoms with Gasteiger partial charge in [0.25, 0.3) is 0 Å². The molecule has 1 aromatic heterocycles. The van der Waals surface area contributed by atoms with Crippen molar-refractivity contribution in [3.8, 4) is 0 Å². The number of aromatic nitrogens is 2. The number of hydrogen-bond acceptors (Lipinski definition) is 3. The van der Waals surface area contributed by atoms with Crippen LogP contribution in [0, 0.1) is 5.92 Å². The summed E-state index contributed by atoms with van der Waals surface area (Å²) in [5.41, 5.74) is 0.422. The van der Waals surface area contributed by atoms with Crippen molar-refractivity contribution in [1.82, 2.24) is 9.55 Å². The molecule has 1 heterocycles. The van der Waals surface area contributed by atoms with Gasteiger partial charge in [0.05, 0.1) is 12.9 Å². The van der Waals surface area contributed by atoms with Gasteiger partial charge in [-0.3, -0.25) is 0 Å². The van der Waals surface area contributed by atoms with Crippen molar-refractivity contribution in [1.29, 1.82) is 0 Å². The van der Waals surface area contributed by atoms with E-state index >= 15 is 0 Å². The van der Waals surface area contributed by atoms with E-state index in [1.165, 1.54) is 38.5 Å². The minimum absolute atomic E-state index is 0.322. The maximum atomic E-state index is 11.5. The highest BCUT2D eigenvalue weighted by molar-refractivity contribution is 5.86. The van der Waals surface area contributed by atoms with Crippen molar-refractivity contribution in [3.63, 3.8) is 0 Å². The fraction of sp³-hybridized carbons (Fsp3) is 0.714. The second kappa shape index (κ2) is 6.57. The van der Waals surface area contributed by atoms with Crippen LogP contribution >= 0.6 is 0 Å². The first kappa shape index (κ1) is 13.1. The van der Waals surface area contributed by atoms with E-state index in [0.717, 1.165) is 12.5 Å². The summed E-state index contributed by atoms with van der Waals surface area (Å²) in [6.45, 7) is 3.18. The molecule has 0 N–H and O–H groups in total. The van der Waals surface area contributed by atoms with Crippen LogP contribution in [0.25, 0.3) is 0 Å². The van der Waals surface area contributed by atoms with Crippen LogP contribution in [-0.2, 0) is 11.3 Å². The molecule has 0 bridgehead atoms. The van der Waals surface area contributed by atoms with Crippen LogP contribution < -0.4 is 0 Å². The summed E-state index contributed by atoms with van der Waals surface area (Å²) in [4.78, 5) is 15.6. The molecule has 0 aromatic carbocycles. The smallest absolute Gasteiger partial charge is 0.358 e. The quantitative estimate of drug-likeness (QED) is 0.609. The molecule has 0 aliphatic heterocycles. The average molecular weight is 250 g/mol. The first-order valence-electron chi connectivity index (χ1n) is 6.98. The van der Waals surface area contributed by atoms with Crippen molar-refractivity contribution in [3.05, 3.63) is 18.2 Å². The third kappa shape index (κ3) is 3.59. The standard InChI is InChI=1S/C14H22N2O2/c1-2-18-14(17)13-10-16(11-15-13)9-12-7-5-3-4-6-8-12/h10-12H,2-9H2,1H3. The van der Waals surface area contributed by atoms with Gasteiger partial charge in [-0.1, -0.05) is 25.7 Å². The van der Waals surface area contributed by atoms with Gasteiger partial charge < -0.3 is 9.30 Å². The molecular formula is C14H22N2O2. The van der Waals surface area contributed by atoms with Gasteiger partial charge in [0.1, 0.15) is 0 Å². The third-order valence-electron chi connectivity index (χ3n) is 3.56. The monoisotopic (exact) mass is 250 g/mol. The Hall–Kier alpha value is -1.32. The molecule has 1 aliphatic rings. The summed E-state index contributed by atoms with van der Waals surface area (Å²) in [5, 5.41) is 0. The van der Waals surface area contributed by atoms with Crippen LogP contribution in [0.4, 0.5) is 0 Å². The molecule has 18 heavy (non-hydrogen) atoms. The fourth-order valence-electron chi connectivity index (χ4n) is 2.62. The predicted molar refractivity (Wildman–Crippen MR) is 69.4 cm³/mol. The highest BCUT2D eigenvalue weighted by Crippen LogP contribution is 2.24. The van der Waals surface area contributed by atoms with Gasteiger partial charge >= 0.3 is 5.97 Å². The zero-order valence-corrected chi connectivity index (χ0v) is 11.1. The number of esters is 1. The van der Waals surface area contributed by atoms with Crippen LogP contribution in [0.2, 0.25) is 0 Å². The van der Waals surface area contributed by atoms with Gasteiger partial charge in [-0.2, -0.15) is 0 Å². The van der Waals surface area contributed by atoms with E-state index in [9.17, 15) is 4.79 Å². The van der Waals surface area contributed by atoms with Crippen molar-refractivity contribution >= 4 is 5.97 Å². The molecule has 100 valence electrons. The van der Waals surface area contributed by atoms with Gasteiger partial charge in [0, 0.05) is 12.7 Å². The molecule has 1 aromatic rings. The van der Waals surface area contributed by atoms with Gasteiger partial charge in [0.15, 0.2) is 5.69 Å². The number of ether oxygens (including phenoxy) is 1. The molecule has 1 aliphatic carbocycles. The maximum absolute atomic E-state index is 11.5. The maximum Gasteiger partial charge on any atom is 0.358 e. The highest BCUT2D eigenvalue weighted by Gasteiger charge is 2.15. The van der Waals surface area contributed by atoms with Gasteiger partial charge in [0.2, 0.25) is 0 Å². The third-order valence-corrected chi connectivity index (χ3v) is 3.56. The van der Waals surface area contributed by atoms with E-state index < -0.39 is 0 Å². The van der Waals surface area contributed by atoms with Crippen molar-refractivity contribution < 1.29 is 9.53 Å². The summed E-state index contributed by atoms with van der Waals surface area (Å²) >= 11 is 0. The Kier molecular flexibility index (Phi) is 4.79. The lowest BCUT2D eigenvalue weighted by atomic mass is 10.0. The molecule has 0 spiro atoms. The Bertz CT molecular complexity index is 379. The Morgan fingerprint density at radius 1 is 1.39 bits per heavy atom. The molecule has 1 saturated carbocycles. The predicted octanol–water partition coefficient (Wildman–Crippen LogP) is 3.03. The van der Waals surface area contributed by atoms with E-state index in [2.05, 4.69) is 4.98 Å². The second-order valence-electron chi connectivity index (χ2n) is 5.03. The molecule has 0 radical (unpaired) electrons. The molecule has 4 nitrogen and oxygen atoms in total. The lowest BCUT2D eigenvalue weighted by Crippen LogP contribution is -2.09. The number of imidazole rings is 1.